The van der Waals surface area contributed by atoms with Gasteiger partial charge in [0.1, 0.15) is 5.82 Å². The molecule has 1 aromatic carbocycles. The first-order valence-corrected chi connectivity index (χ1v) is 9.76. The molecule has 1 unspecified atom stereocenters. The van der Waals surface area contributed by atoms with Crippen molar-refractivity contribution in [3.63, 3.8) is 0 Å². The van der Waals surface area contributed by atoms with Gasteiger partial charge in [-0.05, 0) is 30.7 Å². The highest BCUT2D eigenvalue weighted by Gasteiger charge is 2.41. The van der Waals surface area contributed by atoms with Crippen molar-refractivity contribution in [3.05, 3.63) is 82.8 Å². The normalized spacial score (nSPS) is 12.5. The Morgan fingerprint density at radius 2 is 1.85 bits per heavy atom. The highest BCUT2D eigenvalue weighted by molar-refractivity contribution is 6.32. The summed E-state index contributed by atoms with van der Waals surface area (Å²) in [6.07, 6.45) is -0.0689. The topological polar surface area (TPSA) is 90.5 Å². The summed E-state index contributed by atoms with van der Waals surface area (Å²) >= 11 is 6.14. The number of halogens is 5. The van der Waals surface area contributed by atoms with Crippen LogP contribution in [-0.2, 0) is 6.18 Å². The zero-order chi connectivity index (χ0) is 23.8. The Kier molecular flexibility index (Phi) is 5.85. The van der Waals surface area contributed by atoms with E-state index in [2.05, 4.69) is 25.6 Å². The van der Waals surface area contributed by atoms with E-state index in [1.807, 2.05) is 0 Å². The van der Waals surface area contributed by atoms with Gasteiger partial charge in [-0.25, -0.2) is 9.37 Å². The summed E-state index contributed by atoms with van der Waals surface area (Å²) in [7, 11) is 0. The van der Waals surface area contributed by atoms with Crippen LogP contribution < -0.4 is 5.32 Å². The lowest BCUT2D eigenvalue weighted by Gasteiger charge is -2.18. The van der Waals surface area contributed by atoms with Crippen LogP contribution >= 0.6 is 11.6 Å². The van der Waals surface area contributed by atoms with Crippen LogP contribution in [0.3, 0.4) is 0 Å². The minimum Gasteiger partial charge on any atom is -0.320 e. The van der Waals surface area contributed by atoms with Crippen LogP contribution in [0.1, 0.15) is 34.6 Å². The SMILES string of the molecule is CC(c1cccc(F)c1)n1ncc(C(=O)Nc2cnc(-n3nccn3)c(Cl)c2)c1C(F)(F)F. The third-order valence-electron chi connectivity index (χ3n) is 4.69. The quantitative estimate of drug-likeness (QED) is 0.425. The average Bonchev–Trinajstić information content (AvgIpc) is 3.43. The van der Waals surface area contributed by atoms with Gasteiger partial charge in [-0.2, -0.15) is 28.5 Å². The maximum absolute atomic E-state index is 13.9. The van der Waals surface area contributed by atoms with Gasteiger partial charge in [-0.15, -0.1) is 4.80 Å². The third-order valence-corrected chi connectivity index (χ3v) is 4.97. The first-order valence-electron chi connectivity index (χ1n) is 9.39. The number of nitrogens with one attached hydrogen (secondary N) is 1. The largest absolute Gasteiger partial charge is 0.433 e. The van der Waals surface area contributed by atoms with Crippen LogP contribution in [0.2, 0.25) is 5.02 Å². The second-order valence-corrected chi connectivity index (χ2v) is 7.29. The molecule has 4 aromatic rings. The molecular formula is C20H14ClF4N7O. The lowest BCUT2D eigenvalue weighted by Crippen LogP contribution is -2.23. The Morgan fingerprint density at radius 1 is 1.12 bits per heavy atom. The minimum atomic E-state index is -4.91. The van der Waals surface area contributed by atoms with E-state index in [9.17, 15) is 22.4 Å². The van der Waals surface area contributed by atoms with Gasteiger partial charge in [-0.1, -0.05) is 23.7 Å². The van der Waals surface area contributed by atoms with E-state index >= 15 is 0 Å². The molecule has 0 saturated heterocycles. The number of hydrogen-bond donors (Lipinski definition) is 1. The predicted octanol–water partition coefficient (Wildman–Crippen LogP) is 4.53. The molecule has 3 aromatic heterocycles. The Bertz CT molecular complexity index is 1300. The van der Waals surface area contributed by atoms with E-state index in [1.54, 1.807) is 0 Å². The molecule has 0 bridgehead atoms. The molecule has 0 aliphatic carbocycles. The summed E-state index contributed by atoms with van der Waals surface area (Å²) < 4.78 is 55.9. The maximum atomic E-state index is 13.9. The third kappa shape index (κ3) is 4.55. The van der Waals surface area contributed by atoms with E-state index in [0.29, 0.717) is 4.68 Å². The molecule has 1 atom stereocenters. The number of anilines is 1. The number of pyridine rings is 1. The van der Waals surface area contributed by atoms with Gasteiger partial charge in [-0.3, -0.25) is 9.48 Å². The van der Waals surface area contributed by atoms with Gasteiger partial charge >= 0.3 is 6.18 Å². The number of rotatable bonds is 5. The number of carbonyl (C=O) groups excluding carboxylic acids is 1. The molecule has 0 aliphatic rings. The number of carbonyl (C=O) groups is 1. The van der Waals surface area contributed by atoms with Crippen molar-refractivity contribution in [2.75, 3.05) is 5.32 Å². The molecule has 1 N–H and O–H groups in total. The summed E-state index contributed by atoms with van der Waals surface area (Å²) in [5.74, 6) is -1.49. The first kappa shape index (κ1) is 22.4. The molecule has 4 rings (SSSR count). The van der Waals surface area contributed by atoms with Crippen molar-refractivity contribution >= 4 is 23.2 Å². The Balaban J connectivity index is 1.65. The molecule has 33 heavy (non-hydrogen) atoms. The van der Waals surface area contributed by atoms with E-state index < -0.39 is 35.2 Å². The summed E-state index contributed by atoms with van der Waals surface area (Å²) in [6.45, 7) is 1.42. The van der Waals surface area contributed by atoms with Crippen molar-refractivity contribution in [2.45, 2.75) is 19.1 Å². The standard InChI is InChI=1S/C20H14ClF4N7O/c1-11(12-3-2-4-13(22)7-12)31-17(20(23,24)25)15(10-29-31)19(33)30-14-8-16(21)18(26-9-14)32-27-5-6-28-32/h2-11H,1H3,(H,30,33). The van der Waals surface area contributed by atoms with Gasteiger partial charge in [0.2, 0.25) is 0 Å². The second-order valence-electron chi connectivity index (χ2n) is 6.88. The molecule has 0 aliphatic heterocycles. The van der Waals surface area contributed by atoms with E-state index in [0.717, 1.165) is 17.1 Å². The summed E-state index contributed by atoms with van der Waals surface area (Å²) in [4.78, 5) is 17.9. The fourth-order valence-electron chi connectivity index (χ4n) is 3.18. The Morgan fingerprint density at radius 3 is 2.48 bits per heavy atom. The van der Waals surface area contributed by atoms with Crippen LogP contribution in [0, 0.1) is 5.82 Å². The monoisotopic (exact) mass is 479 g/mol. The lowest BCUT2D eigenvalue weighted by atomic mass is 10.1. The van der Waals surface area contributed by atoms with Crippen LogP contribution in [0.4, 0.5) is 23.2 Å². The molecule has 0 fully saturated rings. The zero-order valence-corrected chi connectivity index (χ0v) is 17.5. The smallest absolute Gasteiger partial charge is 0.320 e. The van der Waals surface area contributed by atoms with Crippen molar-refractivity contribution in [1.29, 1.82) is 0 Å². The van der Waals surface area contributed by atoms with E-state index in [-0.39, 0.29) is 22.1 Å². The average molecular weight is 480 g/mol. The zero-order valence-electron chi connectivity index (χ0n) is 16.8. The van der Waals surface area contributed by atoms with Crippen LogP contribution in [0.5, 0.6) is 0 Å². The van der Waals surface area contributed by atoms with Gasteiger partial charge < -0.3 is 5.32 Å². The van der Waals surface area contributed by atoms with E-state index in [4.69, 9.17) is 11.6 Å². The molecule has 0 spiro atoms. The Hall–Kier alpha value is -3.80. The van der Waals surface area contributed by atoms with Gasteiger partial charge in [0.05, 0.1) is 47.1 Å². The Labute approximate surface area is 188 Å². The highest BCUT2D eigenvalue weighted by atomic mass is 35.5. The van der Waals surface area contributed by atoms with Gasteiger partial charge in [0.15, 0.2) is 11.5 Å². The number of benzene rings is 1. The first-order chi connectivity index (χ1) is 15.6. The van der Waals surface area contributed by atoms with Crippen LogP contribution in [0.15, 0.2) is 55.1 Å². The maximum Gasteiger partial charge on any atom is 0.433 e. The fourth-order valence-corrected chi connectivity index (χ4v) is 3.42. The fraction of sp³-hybridized carbons (Fsp3) is 0.150. The molecule has 8 nitrogen and oxygen atoms in total. The number of alkyl halides is 3. The lowest BCUT2D eigenvalue weighted by molar-refractivity contribution is -0.144. The molecule has 170 valence electrons. The van der Waals surface area contributed by atoms with Crippen molar-refractivity contribution in [1.82, 2.24) is 29.8 Å². The summed E-state index contributed by atoms with van der Waals surface area (Å²) in [6, 6.07) is 5.45. The molecule has 3 heterocycles. The summed E-state index contributed by atoms with van der Waals surface area (Å²) in [5, 5.41) is 13.9. The van der Waals surface area contributed by atoms with Crippen molar-refractivity contribution in [3.8, 4) is 5.82 Å². The second kappa shape index (κ2) is 8.62. The number of aromatic nitrogens is 6. The van der Waals surface area contributed by atoms with Crippen LogP contribution in [0.25, 0.3) is 5.82 Å². The minimum absolute atomic E-state index is 0.0555. The van der Waals surface area contributed by atoms with Crippen LogP contribution in [-0.4, -0.2) is 35.7 Å². The van der Waals surface area contributed by atoms with Crippen molar-refractivity contribution < 1.29 is 22.4 Å². The molecule has 0 saturated carbocycles. The molecule has 1 amide bonds. The van der Waals surface area contributed by atoms with Gasteiger partial charge in [0.25, 0.3) is 5.91 Å². The number of nitrogens with zero attached hydrogens (tertiary/aromatic N) is 6. The predicted molar refractivity (Wildman–Crippen MR) is 110 cm³/mol. The number of amides is 1. The molecule has 0 radical (unpaired) electrons. The number of hydrogen-bond acceptors (Lipinski definition) is 5. The van der Waals surface area contributed by atoms with E-state index in [1.165, 1.54) is 49.8 Å². The highest BCUT2D eigenvalue weighted by Crippen LogP contribution is 2.35. The molecule has 13 heteroatoms. The van der Waals surface area contributed by atoms with Gasteiger partial charge in [0, 0.05) is 0 Å². The summed E-state index contributed by atoms with van der Waals surface area (Å²) in [5.41, 5.74) is -1.66. The molecular weight excluding hydrogens is 466 g/mol. The van der Waals surface area contributed by atoms with Crippen molar-refractivity contribution in [2.24, 2.45) is 0 Å².